The summed E-state index contributed by atoms with van der Waals surface area (Å²) in [6.07, 6.45) is 2.77. The molecule has 2 aromatic rings. The molecule has 1 amide bonds. The van der Waals surface area contributed by atoms with E-state index in [1.165, 1.54) is 10.4 Å². The van der Waals surface area contributed by atoms with E-state index in [1.807, 2.05) is 12.1 Å². The summed E-state index contributed by atoms with van der Waals surface area (Å²) in [6, 6.07) is 6.93. The van der Waals surface area contributed by atoms with Crippen LogP contribution in [0.3, 0.4) is 0 Å². The second kappa shape index (κ2) is 7.21. The van der Waals surface area contributed by atoms with Gasteiger partial charge in [-0.05, 0) is 61.9 Å². The summed E-state index contributed by atoms with van der Waals surface area (Å²) < 4.78 is 25.7. The number of amides is 1. The second-order valence-electron chi connectivity index (χ2n) is 7.17. The van der Waals surface area contributed by atoms with Gasteiger partial charge in [-0.3, -0.25) is 9.10 Å². The van der Waals surface area contributed by atoms with Gasteiger partial charge in [0.2, 0.25) is 10.0 Å². The fraction of sp³-hybridized carbons (Fsp3) is 0.368. The summed E-state index contributed by atoms with van der Waals surface area (Å²) in [5, 5.41) is 3.58. The van der Waals surface area contributed by atoms with Gasteiger partial charge in [0.25, 0.3) is 5.91 Å². The fourth-order valence-electron chi connectivity index (χ4n) is 3.37. The zero-order valence-corrected chi connectivity index (χ0v) is 17.5. The first-order valence-electron chi connectivity index (χ1n) is 9.04. The number of aryl methyl sites for hydroxylation is 1. The number of rotatable bonds is 4. The molecule has 1 aromatic carbocycles. The van der Waals surface area contributed by atoms with Gasteiger partial charge in [-0.2, -0.15) is 0 Å². The predicted molar refractivity (Wildman–Crippen MR) is 111 cm³/mol. The molecule has 2 fully saturated rings. The molecular weight excluding hydrogens is 421 g/mol. The van der Waals surface area contributed by atoms with Crippen molar-refractivity contribution in [3.63, 3.8) is 0 Å². The number of carbonyl (C=O) groups excluding carboxylic acids is 1. The first kappa shape index (κ1) is 19.5. The van der Waals surface area contributed by atoms with Gasteiger partial charge in [-0.25, -0.2) is 13.4 Å². The normalized spacial score (nSPS) is 18.3. The third kappa shape index (κ3) is 3.83. The van der Waals surface area contributed by atoms with Crippen molar-refractivity contribution in [1.82, 2.24) is 4.98 Å². The molecule has 0 radical (unpaired) electrons. The van der Waals surface area contributed by atoms with Crippen LogP contribution in [0.4, 0.5) is 11.5 Å². The molecule has 1 saturated carbocycles. The number of benzene rings is 1. The molecule has 1 aliphatic heterocycles. The number of hydrogen-bond donors (Lipinski definition) is 1. The summed E-state index contributed by atoms with van der Waals surface area (Å²) >= 11 is 12.5. The van der Waals surface area contributed by atoms with Gasteiger partial charge < -0.3 is 5.32 Å². The highest BCUT2D eigenvalue weighted by atomic mass is 35.5. The van der Waals surface area contributed by atoms with Gasteiger partial charge in [0, 0.05) is 17.3 Å². The van der Waals surface area contributed by atoms with Crippen LogP contribution >= 0.6 is 23.2 Å². The fourth-order valence-corrected chi connectivity index (χ4v) is 5.29. The number of aromatic nitrogens is 1. The van der Waals surface area contributed by atoms with Crippen molar-refractivity contribution in [2.75, 3.05) is 21.9 Å². The Kier molecular flexibility index (Phi) is 5.02. The number of hydrogen-bond acceptors (Lipinski definition) is 4. The summed E-state index contributed by atoms with van der Waals surface area (Å²) in [4.78, 5) is 17.2. The van der Waals surface area contributed by atoms with Crippen LogP contribution in [0, 0.1) is 6.92 Å². The minimum atomic E-state index is -3.41. The Hall–Kier alpha value is -1.83. The lowest BCUT2D eigenvalue weighted by atomic mass is 10.1. The quantitative estimate of drug-likeness (QED) is 0.766. The Bertz CT molecular complexity index is 1070. The van der Waals surface area contributed by atoms with Crippen LogP contribution in [-0.4, -0.2) is 31.6 Å². The highest BCUT2D eigenvalue weighted by Gasteiger charge is 2.31. The van der Waals surface area contributed by atoms with Crippen molar-refractivity contribution in [3.05, 3.63) is 51.1 Å². The first-order valence-corrected chi connectivity index (χ1v) is 11.4. The number of carbonyl (C=O) groups is 1. The van der Waals surface area contributed by atoms with Crippen LogP contribution in [0.1, 0.15) is 46.8 Å². The largest absolute Gasteiger partial charge is 0.322 e. The molecule has 0 atom stereocenters. The zero-order chi connectivity index (χ0) is 20.1. The summed E-state index contributed by atoms with van der Waals surface area (Å²) in [7, 11) is -3.41. The monoisotopic (exact) mass is 439 g/mol. The predicted octanol–water partition coefficient (Wildman–Crippen LogP) is 4.37. The lowest BCUT2D eigenvalue weighted by Crippen LogP contribution is -2.27. The summed E-state index contributed by atoms with van der Waals surface area (Å²) in [6.45, 7) is 1.99. The van der Waals surface area contributed by atoms with E-state index in [4.69, 9.17) is 23.2 Å². The molecule has 0 bridgehead atoms. The van der Waals surface area contributed by atoms with E-state index >= 15 is 0 Å². The highest BCUT2D eigenvalue weighted by molar-refractivity contribution is 7.93. The van der Waals surface area contributed by atoms with E-state index in [1.54, 1.807) is 13.0 Å². The standard InChI is InChI=1S/C19H19Cl2N3O3S/c1-11-18(21)16(10-17(22-11)24-5-2-6-28(24,26)27)19(25)23-15-8-13(12-3-4-12)7-14(20)9-15/h7-10,12H,2-6H2,1H3,(H,23,25). The molecule has 28 heavy (non-hydrogen) atoms. The third-order valence-corrected chi connectivity index (χ3v) is 7.48. The van der Waals surface area contributed by atoms with Crippen LogP contribution in [-0.2, 0) is 10.0 Å². The van der Waals surface area contributed by atoms with E-state index in [2.05, 4.69) is 10.3 Å². The van der Waals surface area contributed by atoms with E-state index in [-0.39, 0.29) is 22.2 Å². The molecule has 1 aliphatic carbocycles. The van der Waals surface area contributed by atoms with Crippen LogP contribution in [0.5, 0.6) is 0 Å². The van der Waals surface area contributed by atoms with Gasteiger partial charge in [0.05, 0.1) is 22.0 Å². The van der Waals surface area contributed by atoms with E-state index in [9.17, 15) is 13.2 Å². The van der Waals surface area contributed by atoms with Gasteiger partial charge in [0.1, 0.15) is 5.82 Å². The molecule has 4 rings (SSSR count). The van der Waals surface area contributed by atoms with Crippen LogP contribution in [0.15, 0.2) is 24.3 Å². The number of nitrogens with zero attached hydrogens (tertiary/aromatic N) is 2. The minimum absolute atomic E-state index is 0.0738. The molecule has 148 valence electrons. The molecule has 1 saturated heterocycles. The third-order valence-electron chi connectivity index (χ3n) is 4.94. The Morgan fingerprint density at radius 1 is 1.21 bits per heavy atom. The zero-order valence-electron chi connectivity index (χ0n) is 15.2. The minimum Gasteiger partial charge on any atom is -0.322 e. The van der Waals surface area contributed by atoms with Gasteiger partial charge in [-0.15, -0.1) is 0 Å². The highest BCUT2D eigenvalue weighted by Crippen LogP contribution is 2.42. The lowest BCUT2D eigenvalue weighted by Gasteiger charge is -2.18. The van der Waals surface area contributed by atoms with Crippen LogP contribution in [0.25, 0.3) is 0 Å². The van der Waals surface area contributed by atoms with E-state index in [0.29, 0.717) is 35.3 Å². The number of anilines is 2. The molecule has 1 aromatic heterocycles. The molecule has 0 unspecified atom stereocenters. The van der Waals surface area contributed by atoms with Gasteiger partial charge in [0.15, 0.2) is 0 Å². The number of nitrogens with one attached hydrogen (secondary N) is 1. The van der Waals surface area contributed by atoms with Crippen molar-refractivity contribution in [3.8, 4) is 0 Å². The first-order chi connectivity index (χ1) is 13.2. The van der Waals surface area contributed by atoms with Crippen molar-refractivity contribution >= 4 is 50.6 Å². The molecule has 9 heteroatoms. The van der Waals surface area contributed by atoms with Gasteiger partial charge in [-0.1, -0.05) is 23.2 Å². The molecule has 2 aliphatic rings. The van der Waals surface area contributed by atoms with Crippen molar-refractivity contribution in [2.45, 2.75) is 32.1 Å². The second-order valence-corrected chi connectivity index (χ2v) is 10.00. The topological polar surface area (TPSA) is 79.4 Å². The van der Waals surface area contributed by atoms with Crippen LogP contribution < -0.4 is 9.62 Å². The maximum Gasteiger partial charge on any atom is 0.257 e. The molecule has 6 nitrogen and oxygen atoms in total. The lowest BCUT2D eigenvalue weighted by molar-refractivity contribution is 0.102. The van der Waals surface area contributed by atoms with Crippen molar-refractivity contribution in [1.29, 1.82) is 0 Å². The van der Waals surface area contributed by atoms with Crippen molar-refractivity contribution < 1.29 is 13.2 Å². The Labute approximate surface area is 173 Å². The number of halogens is 2. The summed E-state index contributed by atoms with van der Waals surface area (Å²) in [5.74, 6) is 0.351. The van der Waals surface area contributed by atoms with Gasteiger partial charge >= 0.3 is 0 Å². The maximum absolute atomic E-state index is 12.9. The smallest absolute Gasteiger partial charge is 0.257 e. The average Bonchev–Trinajstić information content (AvgIpc) is 3.40. The molecule has 0 spiro atoms. The molecule has 2 heterocycles. The summed E-state index contributed by atoms with van der Waals surface area (Å²) in [5.41, 5.74) is 2.26. The Morgan fingerprint density at radius 2 is 1.96 bits per heavy atom. The van der Waals surface area contributed by atoms with Crippen LogP contribution in [0.2, 0.25) is 10.0 Å². The van der Waals surface area contributed by atoms with Crippen molar-refractivity contribution in [2.24, 2.45) is 0 Å². The Morgan fingerprint density at radius 3 is 2.61 bits per heavy atom. The Balaban J connectivity index is 1.66. The average molecular weight is 440 g/mol. The maximum atomic E-state index is 12.9. The number of sulfonamides is 1. The molecular formula is C19H19Cl2N3O3S. The van der Waals surface area contributed by atoms with E-state index in [0.717, 1.165) is 18.4 Å². The SMILES string of the molecule is Cc1nc(N2CCCS2(=O)=O)cc(C(=O)Nc2cc(Cl)cc(C3CC3)c2)c1Cl. The molecule has 1 N–H and O–H groups in total. The van der Waals surface area contributed by atoms with E-state index < -0.39 is 15.9 Å². The number of pyridine rings is 1.